The van der Waals surface area contributed by atoms with E-state index in [1.54, 1.807) is 30.1 Å². The number of benzene rings is 1. The summed E-state index contributed by atoms with van der Waals surface area (Å²) in [6, 6.07) is 4.62. The van der Waals surface area contributed by atoms with Crippen molar-refractivity contribution < 1.29 is 9.59 Å². The summed E-state index contributed by atoms with van der Waals surface area (Å²) < 4.78 is 0. The first-order chi connectivity index (χ1) is 9.72. The lowest BCUT2D eigenvalue weighted by Crippen LogP contribution is -2.49. The number of halogens is 2. The SMILES string of the molecule is CC(=O)N[C@H](C(=O)N(C)Cc1ccc(Cl)cc1Cl)C(C)C. The van der Waals surface area contributed by atoms with Crippen LogP contribution in [0.2, 0.25) is 10.0 Å². The highest BCUT2D eigenvalue weighted by atomic mass is 35.5. The van der Waals surface area contributed by atoms with Crippen LogP contribution in [0.25, 0.3) is 0 Å². The standard InChI is InChI=1S/C15H20Cl2N2O2/c1-9(2)14(18-10(3)20)15(21)19(4)8-11-5-6-12(16)7-13(11)17/h5-7,9,14H,8H2,1-4H3,(H,18,20)/t14-/m0/s1. The Balaban J connectivity index is 2.83. The van der Waals surface area contributed by atoms with E-state index < -0.39 is 6.04 Å². The van der Waals surface area contributed by atoms with E-state index in [1.807, 2.05) is 13.8 Å². The first-order valence-corrected chi connectivity index (χ1v) is 7.44. The minimum absolute atomic E-state index is 0.00420. The zero-order valence-corrected chi connectivity index (χ0v) is 14.1. The lowest BCUT2D eigenvalue weighted by atomic mass is 10.0. The molecule has 0 fully saturated rings. The van der Waals surface area contributed by atoms with Gasteiger partial charge in [-0.1, -0.05) is 43.1 Å². The highest BCUT2D eigenvalue weighted by Gasteiger charge is 2.26. The second-order valence-corrected chi connectivity index (χ2v) is 6.20. The van der Waals surface area contributed by atoms with Gasteiger partial charge in [0.15, 0.2) is 0 Å². The molecule has 1 rings (SSSR count). The number of nitrogens with zero attached hydrogens (tertiary/aromatic N) is 1. The molecule has 0 aliphatic heterocycles. The Morgan fingerprint density at radius 2 is 1.90 bits per heavy atom. The molecule has 0 bridgehead atoms. The fraction of sp³-hybridized carbons (Fsp3) is 0.467. The van der Waals surface area contributed by atoms with Gasteiger partial charge in [-0.05, 0) is 23.6 Å². The molecule has 0 heterocycles. The monoisotopic (exact) mass is 330 g/mol. The molecule has 21 heavy (non-hydrogen) atoms. The van der Waals surface area contributed by atoms with Crippen molar-refractivity contribution in [3.8, 4) is 0 Å². The molecule has 1 atom stereocenters. The molecule has 1 aromatic rings. The molecule has 0 unspecified atom stereocenters. The van der Waals surface area contributed by atoms with Crippen LogP contribution >= 0.6 is 23.2 Å². The van der Waals surface area contributed by atoms with Crippen LogP contribution in [0, 0.1) is 5.92 Å². The number of rotatable bonds is 5. The predicted molar refractivity (Wildman–Crippen MR) is 85.4 cm³/mol. The average molecular weight is 331 g/mol. The van der Waals surface area contributed by atoms with Crippen LogP contribution in [0.15, 0.2) is 18.2 Å². The third-order valence-corrected chi connectivity index (χ3v) is 3.68. The van der Waals surface area contributed by atoms with Crippen molar-refractivity contribution >= 4 is 35.0 Å². The Hall–Kier alpha value is -1.26. The minimum atomic E-state index is -0.543. The third kappa shape index (κ3) is 5.21. The van der Waals surface area contributed by atoms with Gasteiger partial charge in [-0.25, -0.2) is 0 Å². The van der Waals surface area contributed by atoms with Crippen molar-refractivity contribution in [2.75, 3.05) is 7.05 Å². The fourth-order valence-electron chi connectivity index (χ4n) is 1.95. The molecule has 0 radical (unpaired) electrons. The first kappa shape index (κ1) is 17.8. The zero-order valence-electron chi connectivity index (χ0n) is 12.6. The molecule has 1 aromatic carbocycles. The van der Waals surface area contributed by atoms with E-state index in [-0.39, 0.29) is 17.7 Å². The lowest BCUT2D eigenvalue weighted by Gasteiger charge is -2.27. The molecular formula is C15H20Cl2N2O2. The van der Waals surface area contributed by atoms with Gasteiger partial charge in [0, 0.05) is 30.6 Å². The van der Waals surface area contributed by atoms with Gasteiger partial charge in [0.1, 0.15) is 6.04 Å². The molecule has 0 aromatic heterocycles. The second kappa shape index (κ2) is 7.66. The Bertz CT molecular complexity index is 532. The van der Waals surface area contributed by atoms with Gasteiger partial charge in [-0.3, -0.25) is 9.59 Å². The molecule has 6 heteroatoms. The van der Waals surface area contributed by atoms with E-state index in [2.05, 4.69) is 5.32 Å². The molecule has 0 aliphatic rings. The van der Waals surface area contributed by atoms with Crippen LogP contribution in [0.3, 0.4) is 0 Å². The quantitative estimate of drug-likeness (QED) is 0.901. The van der Waals surface area contributed by atoms with E-state index in [9.17, 15) is 9.59 Å². The van der Waals surface area contributed by atoms with Crippen molar-refractivity contribution in [3.05, 3.63) is 33.8 Å². The number of likely N-dealkylation sites (N-methyl/N-ethyl adjacent to an activating group) is 1. The summed E-state index contributed by atoms with van der Waals surface area (Å²) in [6.07, 6.45) is 0. The number of amides is 2. The minimum Gasteiger partial charge on any atom is -0.344 e. The normalized spacial score (nSPS) is 12.1. The van der Waals surface area contributed by atoms with Gasteiger partial charge in [-0.2, -0.15) is 0 Å². The maximum atomic E-state index is 12.4. The van der Waals surface area contributed by atoms with Crippen molar-refractivity contribution in [2.45, 2.75) is 33.4 Å². The molecule has 116 valence electrons. The number of carbonyl (C=O) groups is 2. The summed E-state index contributed by atoms with van der Waals surface area (Å²) in [7, 11) is 1.68. The Morgan fingerprint density at radius 3 is 2.38 bits per heavy atom. The molecule has 0 spiro atoms. The summed E-state index contributed by atoms with van der Waals surface area (Å²) >= 11 is 12.0. The van der Waals surface area contributed by atoms with Crippen molar-refractivity contribution in [1.29, 1.82) is 0 Å². The van der Waals surface area contributed by atoms with Crippen LogP contribution in [0.1, 0.15) is 26.3 Å². The van der Waals surface area contributed by atoms with E-state index in [4.69, 9.17) is 23.2 Å². The first-order valence-electron chi connectivity index (χ1n) is 6.68. The Morgan fingerprint density at radius 1 is 1.29 bits per heavy atom. The van der Waals surface area contributed by atoms with Gasteiger partial charge < -0.3 is 10.2 Å². The van der Waals surface area contributed by atoms with Gasteiger partial charge in [0.25, 0.3) is 0 Å². The number of hydrogen-bond donors (Lipinski definition) is 1. The number of hydrogen-bond acceptors (Lipinski definition) is 2. The van der Waals surface area contributed by atoms with Gasteiger partial charge in [-0.15, -0.1) is 0 Å². The van der Waals surface area contributed by atoms with Crippen LogP contribution < -0.4 is 5.32 Å². The third-order valence-electron chi connectivity index (χ3n) is 3.09. The van der Waals surface area contributed by atoms with Gasteiger partial charge in [0.05, 0.1) is 0 Å². The van der Waals surface area contributed by atoms with Crippen molar-refractivity contribution in [1.82, 2.24) is 10.2 Å². The summed E-state index contributed by atoms with van der Waals surface area (Å²) in [5.41, 5.74) is 0.808. The summed E-state index contributed by atoms with van der Waals surface area (Å²) in [4.78, 5) is 25.2. The highest BCUT2D eigenvalue weighted by molar-refractivity contribution is 6.35. The summed E-state index contributed by atoms with van der Waals surface area (Å²) in [5, 5.41) is 3.75. The molecule has 4 nitrogen and oxygen atoms in total. The highest BCUT2D eigenvalue weighted by Crippen LogP contribution is 2.22. The predicted octanol–water partition coefficient (Wildman–Crippen LogP) is 3.11. The Labute approximate surface area is 135 Å². The second-order valence-electron chi connectivity index (χ2n) is 5.35. The maximum Gasteiger partial charge on any atom is 0.245 e. The van der Waals surface area contributed by atoms with Crippen LogP contribution in [-0.2, 0) is 16.1 Å². The average Bonchev–Trinajstić information content (AvgIpc) is 2.37. The lowest BCUT2D eigenvalue weighted by molar-refractivity contribution is -0.136. The summed E-state index contributed by atoms with van der Waals surface area (Å²) in [5.74, 6) is -0.365. The molecule has 0 saturated carbocycles. The van der Waals surface area contributed by atoms with Crippen molar-refractivity contribution in [3.63, 3.8) is 0 Å². The van der Waals surface area contributed by atoms with Crippen molar-refractivity contribution in [2.24, 2.45) is 5.92 Å². The fourth-order valence-corrected chi connectivity index (χ4v) is 2.42. The molecule has 0 saturated heterocycles. The molecule has 1 N–H and O–H groups in total. The molecule has 2 amide bonds. The smallest absolute Gasteiger partial charge is 0.245 e. The molecular weight excluding hydrogens is 311 g/mol. The topological polar surface area (TPSA) is 49.4 Å². The molecule has 0 aliphatic carbocycles. The number of carbonyl (C=O) groups excluding carboxylic acids is 2. The van der Waals surface area contributed by atoms with Gasteiger partial charge >= 0.3 is 0 Å². The Kier molecular flexibility index (Phi) is 6.49. The number of nitrogens with one attached hydrogen (secondary N) is 1. The van der Waals surface area contributed by atoms with E-state index in [1.165, 1.54) is 6.92 Å². The maximum absolute atomic E-state index is 12.4. The van der Waals surface area contributed by atoms with E-state index in [0.29, 0.717) is 16.6 Å². The van der Waals surface area contributed by atoms with E-state index in [0.717, 1.165) is 5.56 Å². The summed E-state index contributed by atoms with van der Waals surface area (Å²) in [6.45, 7) is 5.54. The van der Waals surface area contributed by atoms with Crippen LogP contribution in [-0.4, -0.2) is 29.8 Å². The van der Waals surface area contributed by atoms with Gasteiger partial charge in [0.2, 0.25) is 11.8 Å². The van der Waals surface area contributed by atoms with Crippen LogP contribution in [0.5, 0.6) is 0 Å². The van der Waals surface area contributed by atoms with E-state index >= 15 is 0 Å². The largest absolute Gasteiger partial charge is 0.344 e. The zero-order chi connectivity index (χ0) is 16.2. The van der Waals surface area contributed by atoms with Crippen LogP contribution in [0.4, 0.5) is 0 Å².